The smallest absolute Gasteiger partial charge is 0.270 e. The highest BCUT2D eigenvalue weighted by Crippen LogP contribution is 2.25. The van der Waals surface area contributed by atoms with Gasteiger partial charge in [0.15, 0.2) is 0 Å². The number of carbonyl (C=O) groups excluding carboxylic acids is 2. The summed E-state index contributed by atoms with van der Waals surface area (Å²) in [6.07, 6.45) is 0. The van der Waals surface area contributed by atoms with Gasteiger partial charge in [-0.2, -0.15) is 0 Å². The van der Waals surface area contributed by atoms with E-state index in [4.69, 9.17) is 0 Å². The lowest BCUT2D eigenvalue weighted by Gasteiger charge is -2.33. The first-order chi connectivity index (χ1) is 10.7. The van der Waals surface area contributed by atoms with Crippen LogP contribution in [-0.2, 0) is 4.79 Å². The highest BCUT2D eigenvalue weighted by Gasteiger charge is 2.55. The number of amides is 3. The number of carbonyl (C=O) groups is 2. The maximum absolute atomic E-state index is 12.7. The lowest BCUT2D eigenvalue weighted by Crippen LogP contribution is -2.63. The van der Waals surface area contributed by atoms with E-state index in [1.807, 2.05) is 23.4 Å². The van der Waals surface area contributed by atoms with Gasteiger partial charge in [-0.05, 0) is 19.8 Å². The van der Waals surface area contributed by atoms with Crippen molar-refractivity contribution in [1.82, 2.24) is 14.8 Å². The molecule has 3 heterocycles. The second kappa shape index (κ2) is 5.14. The summed E-state index contributed by atoms with van der Waals surface area (Å²) in [7, 11) is 3.17. The molecule has 0 radical (unpaired) electrons. The number of urea groups is 1. The summed E-state index contributed by atoms with van der Waals surface area (Å²) in [6, 6.07) is -0.961. The molecule has 0 saturated carbocycles. The maximum Gasteiger partial charge on any atom is 0.416 e. The fourth-order valence-corrected chi connectivity index (χ4v) is 3.13. The van der Waals surface area contributed by atoms with Gasteiger partial charge in [0.25, 0.3) is 5.91 Å². The molecule has 0 aromatic rings. The van der Waals surface area contributed by atoms with Crippen LogP contribution in [0.3, 0.4) is 0 Å². The van der Waals surface area contributed by atoms with E-state index in [1.54, 1.807) is 7.05 Å². The molecule has 3 aliphatic rings. The van der Waals surface area contributed by atoms with Crippen molar-refractivity contribution in [2.75, 3.05) is 20.6 Å². The summed E-state index contributed by atoms with van der Waals surface area (Å²) in [4.78, 5) is 32.1. The molecule has 1 saturated heterocycles. The van der Waals surface area contributed by atoms with E-state index in [2.05, 4.69) is 23.9 Å². The second-order valence-corrected chi connectivity index (χ2v) is 6.71. The molecule has 23 heavy (non-hydrogen) atoms. The minimum atomic E-state index is -0.562. The van der Waals surface area contributed by atoms with Crippen molar-refractivity contribution in [1.29, 1.82) is 0 Å². The molecule has 3 rings (SSSR count). The number of guanidine groups is 1. The highest BCUT2D eigenvalue weighted by atomic mass is 16.2. The average molecular weight is 319 g/mol. The van der Waals surface area contributed by atoms with Crippen molar-refractivity contribution >= 4 is 29.4 Å². The fourth-order valence-electron chi connectivity index (χ4n) is 3.13. The van der Waals surface area contributed by atoms with Crippen molar-refractivity contribution in [3.63, 3.8) is 0 Å². The number of rotatable bonds is 2. The third-order valence-corrected chi connectivity index (χ3v) is 4.52. The van der Waals surface area contributed by atoms with Gasteiger partial charge in [-0.25, -0.2) is 9.37 Å². The molecule has 0 bridgehead atoms. The van der Waals surface area contributed by atoms with Crippen LogP contribution in [0.1, 0.15) is 27.7 Å². The van der Waals surface area contributed by atoms with Gasteiger partial charge in [0.1, 0.15) is 6.04 Å². The van der Waals surface area contributed by atoms with Crippen molar-refractivity contribution in [3.8, 4) is 0 Å². The number of fused-ring (bicyclic) bond motifs is 2. The molecule has 3 aliphatic heterocycles. The van der Waals surface area contributed by atoms with Gasteiger partial charge in [0.2, 0.25) is 11.9 Å². The SMILES string of the molecule is CC1=NN(CC(C)C)C2=[N+](C1C)C1C(=O)N(C)C(=O)N(C)C1=N2. The topological polar surface area (TPSA) is 71.6 Å². The molecule has 2 atom stereocenters. The summed E-state index contributed by atoms with van der Waals surface area (Å²) in [6.45, 7) is 8.89. The van der Waals surface area contributed by atoms with Crippen LogP contribution in [0, 0.1) is 5.92 Å². The largest absolute Gasteiger partial charge is 0.416 e. The average Bonchev–Trinajstić information content (AvgIpc) is 2.88. The number of aliphatic imine (C=N–C) groups is 1. The van der Waals surface area contributed by atoms with E-state index >= 15 is 0 Å². The zero-order valence-corrected chi connectivity index (χ0v) is 14.4. The monoisotopic (exact) mass is 319 g/mol. The number of likely N-dealkylation sites (N-methyl/N-ethyl adjacent to an activating group) is 2. The zero-order valence-electron chi connectivity index (χ0n) is 14.4. The normalized spacial score (nSPS) is 27.5. The second-order valence-electron chi connectivity index (χ2n) is 6.71. The Balaban J connectivity index is 2.09. The van der Waals surface area contributed by atoms with Gasteiger partial charge < -0.3 is 0 Å². The third-order valence-electron chi connectivity index (χ3n) is 4.52. The minimum absolute atomic E-state index is 0.0429. The summed E-state index contributed by atoms with van der Waals surface area (Å²) < 4.78 is 1.97. The van der Waals surface area contributed by atoms with Crippen LogP contribution in [0.25, 0.3) is 0 Å². The molecule has 0 aliphatic carbocycles. The minimum Gasteiger partial charge on any atom is -0.270 e. The Bertz CT molecular complexity index is 677. The van der Waals surface area contributed by atoms with Crippen LogP contribution in [0.4, 0.5) is 4.79 Å². The Hall–Kier alpha value is -2.25. The maximum atomic E-state index is 12.7. The van der Waals surface area contributed by atoms with Crippen LogP contribution < -0.4 is 0 Å². The molecule has 0 aromatic heterocycles. The molecule has 8 nitrogen and oxygen atoms in total. The van der Waals surface area contributed by atoms with Crippen molar-refractivity contribution in [2.24, 2.45) is 16.0 Å². The van der Waals surface area contributed by atoms with E-state index in [0.717, 1.165) is 10.6 Å². The summed E-state index contributed by atoms with van der Waals surface area (Å²) in [5.41, 5.74) is 0.931. The van der Waals surface area contributed by atoms with Gasteiger partial charge in [-0.15, -0.1) is 10.1 Å². The van der Waals surface area contributed by atoms with Crippen LogP contribution in [-0.4, -0.2) is 81.6 Å². The molecular formula is C15H23N6O2+. The Kier molecular flexibility index (Phi) is 3.50. The van der Waals surface area contributed by atoms with Crippen molar-refractivity contribution in [3.05, 3.63) is 0 Å². The Morgan fingerprint density at radius 3 is 2.48 bits per heavy atom. The Labute approximate surface area is 135 Å². The number of amidine groups is 1. The van der Waals surface area contributed by atoms with E-state index in [9.17, 15) is 9.59 Å². The van der Waals surface area contributed by atoms with Gasteiger partial charge in [0.05, 0.1) is 12.3 Å². The molecular weight excluding hydrogens is 296 g/mol. The number of hydrazone groups is 1. The number of hydrogen-bond acceptors (Lipinski definition) is 5. The highest BCUT2D eigenvalue weighted by molar-refractivity contribution is 6.23. The predicted molar refractivity (Wildman–Crippen MR) is 86.5 cm³/mol. The van der Waals surface area contributed by atoms with E-state index in [0.29, 0.717) is 24.3 Å². The number of hydrogen-bond donors (Lipinski definition) is 0. The molecule has 8 heteroatoms. The van der Waals surface area contributed by atoms with E-state index in [-0.39, 0.29) is 18.0 Å². The first-order valence-corrected chi connectivity index (χ1v) is 7.85. The van der Waals surface area contributed by atoms with Crippen LogP contribution in [0.2, 0.25) is 0 Å². The summed E-state index contributed by atoms with van der Waals surface area (Å²) in [5.74, 6) is 1.29. The molecule has 1 fully saturated rings. The molecule has 3 amide bonds. The lowest BCUT2D eigenvalue weighted by atomic mass is 10.1. The third kappa shape index (κ3) is 2.15. The van der Waals surface area contributed by atoms with Crippen molar-refractivity contribution in [2.45, 2.75) is 39.8 Å². The molecule has 0 aromatic carbocycles. The van der Waals surface area contributed by atoms with Gasteiger partial charge >= 0.3 is 12.0 Å². The lowest BCUT2D eigenvalue weighted by molar-refractivity contribution is -0.559. The van der Waals surface area contributed by atoms with Crippen LogP contribution >= 0.6 is 0 Å². The zero-order chi connectivity index (χ0) is 17.0. The Morgan fingerprint density at radius 1 is 1.22 bits per heavy atom. The number of nitrogens with zero attached hydrogens (tertiary/aromatic N) is 6. The van der Waals surface area contributed by atoms with Gasteiger partial charge in [-0.3, -0.25) is 14.6 Å². The molecule has 124 valence electrons. The molecule has 0 N–H and O–H groups in total. The first-order valence-electron chi connectivity index (χ1n) is 7.85. The van der Waals surface area contributed by atoms with Crippen LogP contribution in [0.5, 0.6) is 0 Å². The fraction of sp³-hybridized carbons (Fsp3) is 0.667. The number of imide groups is 1. The molecule has 0 spiro atoms. The van der Waals surface area contributed by atoms with Crippen molar-refractivity contribution < 1.29 is 14.2 Å². The Morgan fingerprint density at radius 2 is 1.87 bits per heavy atom. The summed E-state index contributed by atoms with van der Waals surface area (Å²) in [5, 5.41) is 6.47. The molecule has 2 unspecified atom stereocenters. The first kappa shape index (κ1) is 15.6. The summed E-state index contributed by atoms with van der Waals surface area (Å²) >= 11 is 0. The quantitative estimate of drug-likeness (QED) is 0.692. The van der Waals surface area contributed by atoms with E-state index < -0.39 is 6.04 Å². The predicted octanol–water partition coefficient (Wildman–Crippen LogP) is 0.395. The van der Waals surface area contributed by atoms with Crippen LogP contribution in [0.15, 0.2) is 10.1 Å². The standard InChI is InChI=1S/C15H23N6O2/c1-8(2)7-20-14-16-12-11(21(14)10(4)9(3)17-20)13(22)19(6)15(23)18(12)5/h8,10-11H,7H2,1-6H3/q+1. The van der Waals surface area contributed by atoms with Gasteiger partial charge in [0, 0.05) is 14.1 Å². The van der Waals surface area contributed by atoms with Gasteiger partial charge in [-0.1, -0.05) is 18.8 Å². The van der Waals surface area contributed by atoms with E-state index in [1.165, 1.54) is 11.9 Å².